The van der Waals surface area contributed by atoms with Crippen LogP contribution in [-0.2, 0) is 0 Å². The molecule has 0 radical (unpaired) electrons. The van der Waals surface area contributed by atoms with Crippen LogP contribution in [-0.4, -0.2) is 17.3 Å². The van der Waals surface area contributed by atoms with E-state index >= 15 is 0 Å². The quantitative estimate of drug-likeness (QED) is 0.711. The van der Waals surface area contributed by atoms with Gasteiger partial charge in [0.2, 0.25) is 0 Å². The van der Waals surface area contributed by atoms with Gasteiger partial charge in [0.1, 0.15) is 0 Å². The third kappa shape index (κ3) is 1.48. The first kappa shape index (κ1) is 11.0. The fraction of sp³-hybridized carbons (Fsp3) is 0.385. The summed E-state index contributed by atoms with van der Waals surface area (Å²) in [5.74, 6) is 0. The molecule has 3 heteroatoms. The van der Waals surface area contributed by atoms with Crippen molar-refractivity contribution in [3.63, 3.8) is 0 Å². The fourth-order valence-corrected chi connectivity index (χ4v) is 2.22. The summed E-state index contributed by atoms with van der Waals surface area (Å²) in [5, 5.41) is 12.9. The molecule has 3 nitrogen and oxygen atoms in total. The van der Waals surface area contributed by atoms with E-state index in [4.69, 9.17) is 5.73 Å². The van der Waals surface area contributed by atoms with E-state index in [0.29, 0.717) is 5.70 Å². The Kier molecular flexibility index (Phi) is 2.64. The van der Waals surface area contributed by atoms with Gasteiger partial charge >= 0.3 is 0 Å². The predicted molar refractivity (Wildman–Crippen MR) is 67.0 cm³/mol. The highest BCUT2D eigenvalue weighted by Gasteiger charge is 2.33. The Morgan fingerprint density at radius 3 is 2.69 bits per heavy atom. The van der Waals surface area contributed by atoms with Crippen LogP contribution in [0.1, 0.15) is 25.8 Å². The zero-order valence-electron chi connectivity index (χ0n) is 9.75. The number of nitrogens with one attached hydrogen (secondary N) is 1. The van der Waals surface area contributed by atoms with E-state index < -0.39 is 0 Å². The van der Waals surface area contributed by atoms with E-state index in [-0.39, 0.29) is 12.1 Å². The fourth-order valence-electron chi connectivity index (χ4n) is 2.22. The molecule has 4 N–H and O–H groups in total. The lowest BCUT2D eigenvalue weighted by atomic mass is 9.82. The van der Waals surface area contributed by atoms with Crippen molar-refractivity contribution in [2.75, 3.05) is 11.9 Å². The number of hydrogen-bond acceptors (Lipinski definition) is 3. The molecule has 0 spiro atoms. The van der Waals surface area contributed by atoms with Crippen LogP contribution in [0.5, 0.6) is 0 Å². The van der Waals surface area contributed by atoms with Gasteiger partial charge in [0, 0.05) is 22.5 Å². The number of hydrogen-bond donors (Lipinski definition) is 3. The van der Waals surface area contributed by atoms with Gasteiger partial charge in [-0.2, -0.15) is 0 Å². The SMILES string of the molecule is CCC1(C)Nc2ccccc2C(N)=C1CO. The third-order valence-corrected chi connectivity index (χ3v) is 3.48. The number of rotatable bonds is 2. The van der Waals surface area contributed by atoms with Gasteiger partial charge in [-0.15, -0.1) is 0 Å². The maximum absolute atomic E-state index is 9.48. The molecule has 2 rings (SSSR count). The molecule has 0 aromatic heterocycles. The minimum absolute atomic E-state index is 0.00247. The molecule has 0 bridgehead atoms. The van der Waals surface area contributed by atoms with Crippen molar-refractivity contribution in [2.45, 2.75) is 25.8 Å². The average Bonchev–Trinajstić information content (AvgIpc) is 2.29. The van der Waals surface area contributed by atoms with Crippen LogP contribution in [0, 0.1) is 0 Å². The number of fused-ring (bicyclic) bond motifs is 1. The summed E-state index contributed by atoms with van der Waals surface area (Å²) in [6, 6.07) is 7.93. The van der Waals surface area contributed by atoms with E-state index in [2.05, 4.69) is 19.2 Å². The summed E-state index contributed by atoms with van der Waals surface area (Å²) < 4.78 is 0. The van der Waals surface area contributed by atoms with Gasteiger partial charge in [-0.1, -0.05) is 25.1 Å². The van der Waals surface area contributed by atoms with Crippen LogP contribution in [0.4, 0.5) is 5.69 Å². The number of anilines is 1. The Labute approximate surface area is 96.0 Å². The third-order valence-electron chi connectivity index (χ3n) is 3.48. The topological polar surface area (TPSA) is 58.3 Å². The van der Waals surface area contributed by atoms with E-state index in [9.17, 15) is 5.11 Å². The molecule has 0 amide bonds. The summed E-state index contributed by atoms with van der Waals surface area (Å²) in [7, 11) is 0. The molecule has 86 valence electrons. The van der Waals surface area contributed by atoms with Gasteiger partial charge in [0.05, 0.1) is 12.1 Å². The molecular formula is C13H18N2O. The van der Waals surface area contributed by atoms with Crippen LogP contribution >= 0.6 is 0 Å². The summed E-state index contributed by atoms with van der Waals surface area (Å²) in [6.07, 6.45) is 0.887. The van der Waals surface area contributed by atoms with Gasteiger partial charge < -0.3 is 16.2 Å². The molecule has 1 aromatic carbocycles. The van der Waals surface area contributed by atoms with Crippen molar-refractivity contribution >= 4 is 11.4 Å². The first-order chi connectivity index (χ1) is 7.62. The van der Waals surface area contributed by atoms with Crippen molar-refractivity contribution in [3.05, 3.63) is 35.4 Å². The van der Waals surface area contributed by atoms with E-state index in [1.165, 1.54) is 0 Å². The Morgan fingerprint density at radius 2 is 2.06 bits per heavy atom. The lowest BCUT2D eigenvalue weighted by molar-refractivity contribution is 0.310. The molecule has 0 saturated carbocycles. The van der Waals surface area contributed by atoms with Crippen molar-refractivity contribution in [1.82, 2.24) is 0 Å². The average molecular weight is 218 g/mol. The van der Waals surface area contributed by atoms with E-state index in [1.54, 1.807) is 0 Å². The molecule has 1 unspecified atom stereocenters. The van der Waals surface area contributed by atoms with Crippen LogP contribution in [0.3, 0.4) is 0 Å². The first-order valence-corrected chi connectivity index (χ1v) is 5.60. The van der Waals surface area contributed by atoms with Gasteiger partial charge in [-0.05, 0) is 19.4 Å². The van der Waals surface area contributed by atoms with Gasteiger partial charge in [0.15, 0.2) is 0 Å². The number of nitrogens with two attached hydrogens (primary N) is 1. The lowest BCUT2D eigenvalue weighted by Gasteiger charge is -2.38. The Morgan fingerprint density at radius 1 is 1.38 bits per heavy atom. The molecule has 0 aliphatic carbocycles. The monoisotopic (exact) mass is 218 g/mol. The highest BCUT2D eigenvalue weighted by molar-refractivity contribution is 5.82. The van der Waals surface area contributed by atoms with E-state index in [0.717, 1.165) is 23.2 Å². The maximum atomic E-state index is 9.48. The van der Waals surface area contributed by atoms with Crippen LogP contribution in [0.25, 0.3) is 5.70 Å². The van der Waals surface area contributed by atoms with Crippen molar-refractivity contribution in [2.24, 2.45) is 5.73 Å². The Bertz CT molecular complexity index is 439. The molecule has 0 saturated heterocycles. The molecule has 1 heterocycles. The second-order valence-electron chi connectivity index (χ2n) is 4.41. The normalized spacial score (nSPS) is 23.9. The van der Waals surface area contributed by atoms with Gasteiger partial charge in [-0.3, -0.25) is 0 Å². The van der Waals surface area contributed by atoms with Crippen LogP contribution < -0.4 is 11.1 Å². The van der Waals surface area contributed by atoms with E-state index in [1.807, 2.05) is 24.3 Å². The zero-order valence-corrected chi connectivity index (χ0v) is 9.75. The van der Waals surface area contributed by atoms with Crippen LogP contribution in [0.2, 0.25) is 0 Å². The standard InChI is InChI=1S/C13H18N2O/c1-3-13(2)10(8-16)12(14)9-6-4-5-7-11(9)15-13/h4-7,15-16H,3,8,14H2,1-2H3. The highest BCUT2D eigenvalue weighted by Crippen LogP contribution is 2.37. The minimum atomic E-state index is -0.243. The van der Waals surface area contributed by atoms with Crippen molar-refractivity contribution in [1.29, 1.82) is 0 Å². The van der Waals surface area contributed by atoms with Gasteiger partial charge in [0.25, 0.3) is 0 Å². The number of aliphatic hydroxyl groups excluding tert-OH is 1. The molecular weight excluding hydrogens is 200 g/mol. The second-order valence-corrected chi connectivity index (χ2v) is 4.41. The smallest absolute Gasteiger partial charge is 0.0687 e. The van der Waals surface area contributed by atoms with Crippen molar-refractivity contribution in [3.8, 4) is 0 Å². The molecule has 1 atom stereocenters. The summed E-state index contributed by atoms with van der Waals surface area (Å²) in [5.41, 5.74) is 9.51. The predicted octanol–water partition coefficient (Wildman–Crippen LogP) is 1.94. The molecule has 1 aromatic rings. The Hall–Kier alpha value is -1.48. The number of aliphatic hydroxyl groups is 1. The molecule has 0 fully saturated rings. The summed E-state index contributed by atoms with van der Waals surface area (Å²) in [4.78, 5) is 0. The molecule has 1 aliphatic rings. The first-order valence-electron chi connectivity index (χ1n) is 5.60. The second kappa shape index (κ2) is 3.83. The van der Waals surface area contributed by atoms with Crippen LogP contribution in [0.15, 0.2) is 29.8 Å². The summed E-state index contributed by atoms with van der Waals surface area (Å²) in [6.45, 7) is 4.16. The van der Waals surface area contributed by atoms with Gasteiger partial charge in [-0.25, -0.2) is 0 Å². The number of para-hydroxylation sites is 1. The summed E-state index contributed by atoms with van der Waals surface area (Å²) >= 11 is 0. The lowest BCUT2D eigenvalue weighted by Crippen LogP contribution is -2.42. The highest BCUT2D eigenvalue weighted by atomic mass is 16.3. The van der Waals surface area contributed by atoms with Crippen molar-refractivity contribution < 1.29 is 5.11 Å². The zero-order chi connectivity index (χ0) is 11.8. The maximum Gasteiger partial charge on any atom is 0.0687 e. The molecule has 16 heavy (non-hydrogen) atoms. The Balaban J connectivity index is 2.61. The minimum Gasteiger partial charge on any atom is -0.398 e. The molecule has 1 aliphatic heterocycles. The largest absolute Gasteiger partial charge is 0.398 e. The number of benzene rings is 1.